The first-order valence-electron chi connectivity index (χ1n) is 6.79. The first-order valence-corrected chi connectivity index (χ1v) is 6.79. The third-order valence-corrected chi connectivity index (χ3v) is 5.38. The van der Waals surface area contributed by atoms with Crippen molar-refractivity contribution in [2.45, 2.75) is 64.8 Å². The van der Waals surface area contributed by atoms with Crippen molar-refractivity contribution in [2.24, 2.45) is 23.0 Å². The first kappa shape index (κ1) is 12.2. The molecule has 0 aromatic rings. The van der Waals surface area contributed by atoms with Crippen molar-refractivity contribution in [3.63, 3.8) is 0 Å². The summed E-state index contributed by atoms with van der Waals surface area (Å²) >= 11 is 0. The van der Waals surface area contributed by atoms with Crippen LogP contribution in [0.1, 0.15) is 59.3 Å². The minimum atomic E-state index is 0.0567. The van der Waals surface area contributed by atoms with Gasteiger partial charge in [0.1, 0.15) is 0 Å². The molecular formula is C15H27N. The van der Waals surface area contributed by atoms with E-state index < -0.39 is 0 Å². The fourth-order valence-electron chi connectivity index (χ4n) is 4.22. The second kappa shape index (κ2) is 3.87. The van der Waals surface area contributed by atoms with Crippen LogP contribution in [0.5, 0.6) is 0 Å². The van der Waals surface area contributed by atoms with E-state index in [2.05, 4.69) is 27.4 Å². The van der Waals surface area contributed by atoms with Crippen LogP contribution >= 0.6 is 0 Å². The topological polar surface area (TPSA) is 26.0 Å². The largest absolute Gasteiger partial charge is 0.325 e. The number of allylic oxidation sites excluding steroid dienone is 1. The summed E-state index contributed by atoms with van der Waals surface area (Å²) in [7, 11) is 0. The molecule has 4 atom stereocenters. The molecule has 0 unspecified atom stereocenters. The van der Waals surface area contributed by atoms with Gasteiger partial charge in [0.15, 0.2) is 0 Å². The van der Waals surface area contributed by atoms with Crippen molar-refractivity contribution >= 4 is 0 Å². The van der Waals surface area contributed by atoms with Crippen LogP contribution < -0.4 is 5.73 Å². The fourth-order valence-corrected chi connectivity index (χ4v) is 4.22. The van der Waals surface area contributed by atoms with Gasteiger partial charge in [0.25, 0.3) is 0 Å². The molecule has 0 aromatic heterocycles. The molecule has 2 aliphatic rings. The molecule has 1 nitrogen and oxygen atoms in total. The molecule has 92 valence electrons. The maximum absolute atomic E-state index is 6.55. The zero-order chi connectivity index (χ0) is 12.0. The normalized spacial score (nSPS) is 48.5. The Hall–Kier alpha value is -0.300. The Morgan fingerprint density at radius 3 is 2.56 bits per heavy atom. The molecule has 2 aliphatic carbocycles. The van der Waals surface area contributed by atoms with Crippen molar-refractivity contribution in [1.82, 2.24) is 0 Å². The zero-order valence-electron chi connectivity index (χ0n) is 11.2. The molecule has 0 saturated heterocycles. The minimum Gasteiger partial charge on any atom is -0.325 e. The van der Waals surface area contributed by atoms with Gasteiger partial charge in [0.2, 0.25) is 0 Å². The lowest BCUT2D eigenvalue weighted by atomic mass is 9.52. The maximum atomic E-state index is 6.55. The molecule has 2 rings (SSSR count). The summed E-state index contributed by atoms with van der Waals surface area (Å²) in [5.74, 6) is 1.42. The molecule has 0 amide bonds. The number of hydrogen-bond acceptors (Lipinski definition) is 1. The van der Waals surface area contributed by atoms with Crippen LogP contribution in [0.25, 0.3) is 0 Å². The molecule has 1 heteroatoms. The molecule has 0 radical (unpaired) electrons. The van der Waals surface area contributed by atoms with Crippen LogP contribution in [-0.2, 0) is 0 Å². The van der Waals surface area contributed by atoms with Gasteiger partial charge in [-0.25, -0.2) is 0 Å². The smallest absolute Gasteiger partial charge is 0.0159 e. The third kappa shape index (κ3) is 1.95. The number of rotatable bonds is 1. The average molecular weight is 221 g/mol. The van der Waals surface area contributed by atoms with E-state index in [-0.39, 0.29) is 5.54 Å². The van der Waals surface area contributed by atoms with Gasteiger partial charge in [-0.2, -0.15) is 0 Å². The molecule has 0 heterocycles. The van der Waals surface area contributed by atoms with Gasteiger partial charge in [-0.3, -0.25) is 0 Å². The molecular weight excluding hydrogens is 194 g/mol. The lowest BCUT2D eigenvalue weighted by Gasteiger charge is -2.55. The summed E-state index contributed by atoms with van der Waals surface area (Å²) in [5, 5.41) is 0. The van der Waals surface area contributed by atoms with Crippen LogP contribution in [0.4, 0.5) is 0 Å². The molecule has 2 N–H and O–H groups in total. The minimum absolute atomic E-state index is 0.0567. The summed E-state index contributed by atoms with van der Waals surface area (Å²) in [6, 6.07) is 0. The second-order valence-corrected chi connectivity index (χ2v) is 6.88. The maximum Gasteiger partial charge on any atom is 0.0159 e. The summed E-state index contributed by atoms with van der Waals surface area (Å²) in [5.41, 5.74) is 8.48. The lowest BCUT2D eigenvalue weighted by molar-refractivity contribution is -0.00848. The monoisotopic (exact) mass is 221 g/mol. The highest BCUT2D eigenvalue weighted by molar-refractivity contribution is 5.08. The number of hydrogen-bond donors (Lipinski definition) is 1. The predicted octanol–water partition coefficient (Wildman–Crippen LogP) is 3.89. The van der Waals surface area contributed by atoms with Crippen LogP contribution in [0.3, 0.4) is 0 Å². The quantitative estimate of drug-likeness (QED) is 0.668. The Balaban J connectivity index is 2.21. The van der Waals surface area contributed by atoms with Gasteiger partial charge in [-0.05, 0) is 63.2 Å². The van der Waals surface area contributed by atoms with E-state index in [4.69, 9.17) is 5.73 Å². The molecule has 0 aromatic carbocycles. The molecule has 0 spiro atoms. The van der Waals surface area contributed by atoms with Crippen molar-refractivity contribution < 1.29 is 0 Å². The van der Waals surface area contributed by atoms with E-state index >= 15 is 0 Å². The Bertz CT molecular complexity index is 292. The zero-order valence-corrected chi connectivity index (χ0v) is 11.2. The van der Waals surface area contributed by atoms with E-state index in [9.17, 15) is 0 Å². The predicted molar refractivity (Wildman–Crippen MR) is 70.2 cm³/mol. The summed E-state index contributed by atoms with van der Waals surface area (Å²) < 4.78 is 0. The molecule has 0 bridgehead atoms. The van der Waals surface area contributed by atoms with Crippen LogP contribution in [0.2, 0.25) is 0 Å². The van der Waals surface area contributed by atoms with E-state index in [1.54, 1.807) is 0 Å². The Morgan fingerprint density at radius 1 is 1.25 bits per heavy atom. The van der Waals surface area contributed by atoms with Gasteiger partial charge >= 0.3 is 0 Å². The number of fused-ring (bicyclic) bond motifs is 1. The lowest BCUT2D eigenvalue weighted by Crippen LogP contribution is -2.56. The summed E-state index contributed by atoms with van der Waals surface area (Å²) in [6.45, 7) is 11.1. The second-order valence-electron chi connectivity index (χ2n) is 6.88. The molecule has 0 aliphatic heterocycles. The van der Waals surface area contributed by atoms with Crippen LogP contribution in [-0.4, -0.2) is 5.54 Å². The van der Waals surface area contributed by atoms with Crippen molar-refractivity contribution in [3.05, 3.63) is 12.2 Å². The van der Waals surface area contributed by atoms with Gasteiger partial charge in [-0.15, -0.1) is 0 Å². The molecule has 2 saturated carbocycles. The summed E-state index contributed by atoms with van der Waals surface area (Å²) in [6.07, 6.45) is 7.86. The molecule has 2 fully saturated rings. The van der Waals surface area contributed by atoms with Crippen LogP contribution in [0.15, 0.2) is 12.2 Å². The fraction of sp³-hybridized carbons (Fsp3) is 0.867. The van der Waals surface area contributed by atoms with Crippen molar-refractivity contribution in [2.75, 3.05) is 0 Å². The highest BCUT2D eigenvalue weighted by Gasteiger charge is 2.49. The Morgan fingerprint density at radius 2 is 1.94 bits per heavy atom. The van der Waals surface area contributed by atoms with E-state index in [1.807, 2.05) is 0 Å². The average Bonchev–Trinajstić information content (AvgIpc) is 2.15. The standard InChI is InChI=1S/C15H27N/c1-11(2)12-6-9-14(3)7-5-8-15(4,16)13(14)10-12/h12-13H,1,5-10,16H2,2-4H3/t12-,13+,14+,15+/m1/s1. The van der Waals surface area contributed by atoms with E-state index in [0.29, 0.717) is 11.3 Å². The van der Waals surface area contributed by atoms with Gasteiger partial charge in [-0.1, -0.05) is 25.5 Å². The van der Waals surface area contributed by atoms with Crippen molar-refractivity contribution in [3.8, 4) is 0 Å². The van der Waals surface area contributed by atoms with Gasteiger partial charge in [0.05, 0.1) is 0 Å². The van der Waals surface area contributed by atoms with Crippen molar-refractivity contribution in [1.29, 1.82) is 0 Å². The Kier molecular flexibility index (Phi) is 2.94. The highest BCUT2D eigenvalue weighted by Crippen LogP contribution is 2.55. The third-order valence-electron chi connectivity index (χ3n) is 5.38. The first-order chi connectivity index (χ1) is 7.35. The summed E-state index contributed by atoms with van der Waals surface area (Å²) in [4.78, 5) is 0. The van der Waals surface area contributed by atoms with E-state index in [1.165, 1.54) is 44.1 Å². The van der Waals surface area contributed by atoms with E-state index in [0.717, 1.165) is 5.92 Å². The van der Waals surface area contributed by atoms with Gasteiger partial charge in [0, 0.05) is 5.54 Å². The SMILES string of the molecule is C=C(C)[C@@H]1CC[C@]2(C)CCC[C@](C)(N)[C@H]2C1. The Labute approximate surface area is 100 Å². The van der Waals surface area contributed by atoms with Crippen LogP contribution in [0, 0.1) is 17.3 Å². The number of nitrogens with two attached hydrogens (primary N) is 1. The molecule has 16 heavy (non-hydrogen) atoms. The highest BCUT2D eigenvalue weighted by atomic mass is 14.8. The van der Waals surface area contributed by atoms with Gasteiger partial charge < -0.3 is 5.73 Å².